The summed E-state index contributed by atoms with van der Waals surface area (Å²) in [5, 5.41) is 0.719. The van der Waals surface area contributed by atoms with Crippen LogP contribution in [0.5, 0.6) is 0 Å². The molecule has 0 saturated carbocycles. The molecular weight excluding hydrogens is 210 g/mol. The minimum absolute atomic E-state index is 0.0418. The van der Waals surface area contributed by atoms with E-state index in [-0.39, 0.29) is 18.5 Å². The summed E-state index contributed by atoms with van der Waals surface area (Å²) in [6.45, 7) is -0.0418. The van der Waals surface area contributed by atoms with Gasteiger partial charge in [-0.2, -0.15) is 0 Å². The third-order valence-electron chi connectivity index (χ3n) is 2.47. The Bertz CT molecular complexity index is 497. The van der Waals surface area contributed by atoms with Crippen LogP contribution in [0.1, 0.15) is 12.0 Å². The van der Waals surface area contributed by atoms with Gasteiger partial charge >= 0.3 is 0 Å². The molecule has 1 aromatic heterocycles. The summed E-state index contributed by atoms with van der Waals surface area (Å²) in [4.78, 5) is 4.01. The fourth-order valence-corrected chi connectivity index (χ4v) is 1.60. The van der Waals surface area contributed by atoms with Crippen molar-refractivity contribution in [2.45, 2.75) is 12.3 Å². The summed E-state index contributed by atoms with van der Waals surface area (Å²) >= 11 is 0. The predicted molar refractivity (Wildman–Crippen MR) is 59.3 cm³/mol. The average molecular weight is 222 g/mol. The summed E-state index contributed by atoms with van der Waals surface area (Å²) in [7, 11) is 0. The van der Waals surface area contributed by atoms with E-state index in [4.69, 9.17) is 5.73 Å². The lowest BCUT2D eigenvalue weighted by Crippen LogP contribution is -2.18. The number of aromatic nitrogens is 1. The van der Waals surface area contributed by atoms with E-state index >= 15 is 0 Å². The topological polar surface area (TPSA) is 38.9 Å². The lowest BCUT2D eigenvalue weighted by Gasteiger charge is -2.15. The van der Waals surface area contributed by atoms with E-state index in [9.17, 15) is 8.78 Å². The number of benzene rings is 1. The fraction of sp³-hybridized carbons (Fsp3) is 0.250. The monoisotopic (exact) mass is 222 g/mol. The first-order chi connectivity index (χ1) is 7.63. The Morgan fingerprint density at radius 2 is 2.00 bits per heavy atom. The molecule has 2 rings (SSSR count). The molecule has 0 amide bonds. The van der Waals surface area contributed by atoms with E-state index in [0.717, 1.165) is 10.9 Å². The zero-order chi connectivity index (χ0) is 11.6. The van der Waals surface area contributed by atoms with E-state index in [0.29, 0.717) is 0 Å². The van der Waals surface area contributed by atoms with Crippen molar-refractivity contribution in [1.82, 2.24) is 4.98 Å². The number of rotatable bonds is 3. The van der Waals surface area contributed by atoms with Crippen LogP contribution in [-0.2, 0) is 5.92 Å². The minimum atomic E-state index is -2.90. The molecule has 2 N–H and O–H groups in total. The number of halogens is 2. The lowest BCUT2D eigenvalue weighted by molar-refractivity contribution is -0.0108. The molecule has 0 saturated heterocycles. The largest absolute Gasteiger partial charge is 0.330 e. The van der Waals surface area contributed by atoms with Crippen molar-refractivity contribution >= 4 is 10.9 Å². The molecule has 0 unspecified atom stereocenters. The number of nitrogens with zero attached hydrogens (tertiary/aromatic N) is 1. The smallest absolute Gasteiger partial charge is 0.275 e. The summed E-state index contributed by atoms with van der Waals surface area (Å²) in [6, 6.07) is 8.66. The second-order valence-electron chi connectivity index (χ2n) is 3.66. The van der Waals surface area contributed by atoms with E-state index < -0.39 is 5.92 Å². The van der Waals surface area contributed by atoms with Crippen LogP contribution in [-0.4, -0.2) is 11.5 Å². The van der Waals surface area contributed by atoms with Crippen molar-refractivity contribution in [2.24, 2.45) is 5.73 Å². The molecule has 0 aliphatic heterocycles. The molecule has 2 aromatic rings. The Balaban J connectivity index is 2.46. The molecule has 1 heterocycles. The second-order valence-corrected chi connectivity index (χ2v) is 3.66. The molecule has 0 radical (unpaired) electrons. The molecule has 0 atom stereocenters. The van der Waals surface area contributed by atoms with Crippen molar-refractivity contribution < 1.29 is 8.78 Å². The fourth-order valence-electron chi connectivity index (χ4n) is 1.60. The van der Waals surface area contributed by atoms with Crippen LogP contribution in [0.3, 0.4) is 0 Å². The van der Waals surface area contributed by atoms with Crippen molar-refractivity contribution in [3.63, 3.8) is 0 Å². The maximum Gasteiger partial charge on any atom is 0.275 e. The Kier molecular flexibility index (Phi) is 2.83. The predicted octanol–water partition coefficient (Wildman–Crippen LogP) is 2.68. The Morgan fingerprint density at radius 3 is 2.75 bits per heavy atom. The summed E-state index contributed by atoms with van der Waals surface area (Å²) in [5.74, 6) is -2.90. The van der Waals surface area contributed by atoms with Crippen molar-refractivity contribution in [3.8, 4) is 0 Å². The van der Waals surface area contributed by atoms with Crippen LogP contribution in [0.2, 0.25) is 0 Å². The minimum Gasteiger partial charge on any atom is -0.330 e. The summed E-state index contributed by atoms with van der Waals surface area (Å²) in [5.41, 5.74) is 5.81. The molecule has 16 heavy (non-hydrogen) atoms. The third kappa shape index (κ3) is 2.02. The van der Waals surface area contributed by atoms with Gasteiger partial charge in [0.25, 0.3) is 5.92 Å². The number of alkyl halides is 2. The first kappa shape index (κ1) is 11.0. The summed E-state index contributed by atoms with van der Waals surface area (Å²) in [6.07, 6.45) is 0.866. The van der Waals surface area contributed by atoms with Gasteiger partial charge < -0.3 is 5.73 Å². The first-order valence-corrected chi connectivity index (χ1v) is 5.06. The van der Waals surface area contributed by atoms with Crippen LogP contribution in [0.4, 0.5) is 8.78 Å². The van der Waals surface area contributed by atoms with Gasteiger partial charge in [0.15, 0.2) is 0 Å². The van der Waals surface area contributed by atoms with Gasteiger partial charge in [0.1, 0.15) is 0 Å². The zero-order valence-corrected chi connectivity index (χ0v) is 8.66. The number of hydrogen-bond acceptors (Lipinski definition) is 2. The van der Waals surface area contributed by atoms with Crippen molar-refractivity contribution in [3.05, 3.63) is 42.1 Å². The van der Waals surface area contributed by atoms with Crippen LogP contribution in [0.25, 0.3) is 10.9 Å². The normalized spacial score (nSPS) is 11.9. The highest BCUT2D eigenvalue weighted by atomic mass is 19.3. The third-order valence-corrected chi connectivity index (χ3v) is 2.47. The Morgan fingerprint density at radius 1 is 1.25 bits per heavy atom. The molecular formula is C12H12F2N2. The lowest BCUT2D eigenvalue weighted by atomic mass is 10.1. The van der Waals surface area contributed by atoms with E-state index in [1.807, 2.05) is 6.07 Å². The number of hydrogen-bond donors (Lipinski definition) is 1. The highest BCUT2D eigenvalue weighted by molar-refractivity contribution is 5.78. The van der Waals surface area contributed by atoms with Crippen LogP contribution >= 0.6 is 0 Å². The van der Waals surface area contributed by atoms with Gasteiger partial charge in [0.2, 0.25) is 0 Å². The van der Waals surface area contributed by atoms with Gasteiger partial charge in [-0.3, -0.25) is 4.98 Å². The van der Waals surface area contributed by atoms with Gasteiger partial charge in [-0.25, -0.2) is 8.78 Å². The molecule has 0 spiro atoms. The van der Waals surface area contributed by atoms with Gasteiger partial charge in [-0.1, -0.05) is 18.2 Å². The highest BCUT2D eigenvalue weighted by Gasteiger charge is 2.30. The molecule has 84 valence electrons. The second kappa shape index (κ2) is 4.14. The molecule has 0 fully saturated rings. The SMILES string of the molecule is NCCC(F)(F)c1cnc2ccccc2c1. The Labute approximate surface area is 92.1 Å². The standard InChI is InChI=1S/C12H12F2N2/c13-12(14,5-6-15)10-7-9-3-1-2-4-11(9)16-8-10/h1-4,7-8H,5-6,15H2. The summed E-state index contributed by atoms with van der Waals surface area (Å²) < 4.78 is 27.1. The van der Waals surface area contributed by atoms with E-state index in [1.54, 1.807) is 18.2 Å². The quantitative estimate of drug-likeness (QED) is 0.867. The molecule has 4 heteroatoms. The highest BCUT2D eigenvalue weighted by Crippen LogP contribution is 2.31. The average Bonchev–Trinajstić information content (AvgIpc) is 2.28. The maximum absolute atomic E-state index is 13.6. The van der Waals surface area contributed by atoms with Gasteiger partial charge in [-0.05, 0) is 18.7 Å². The van der Waals surface area contributed by atoms with E-state index in [1.165, 1.54) is 12.3 Å². The number of para-hydroxylation sites is 1. The molecule has 1 aromatic carbocycles. The van der Waals surface area contributed by atoms with Crippen molar-refractivity contribution in [2.75, 3.05) is 6.54 Å². The zero-order valence-electron chi connectivity index (χ0n) is 8.66. The molecule has 0 aliphatic rings. The number of nitrogens with two attached hydrogens (primary N) is 1. The Hall–Kier alpha value is -1.55. The first-order valence-electron chi connectivity index (χ1n) is 5.06. The van der Waals surface area contributed by atoms with Crippen molar-refractivity contribution in [1.29, 1.82) is 0 Å². The molecule has 0 aliphatic carbocycles. The van der Waals surface area contributed by atoms with Gasteiger partial charge in [0, 0.05) is 23.6 Å². The van der Waals surface area contributed by atoms with Crippen LogP contribution in [0.15, 0.2) is 36.5 Å². The number of pyridine rings is 1. The van der Waals surface area contributed by atoms with Gasteiger partial charge in [0.05, 0.1) is 5.52 Å². The van der Waals surface area contributed by atoms with Gasteiger partial charge in [-0.15, -0.1) is 0 Å². The van der Waals surface area contributed by atoms with Crippen LogP contribution in [0, 0.1) is 0 Å². The number of fused-ring (bicyclic) bond motifs is 1. The molecule has 0 bridgehead atoms. The van der Waals surface area contributed by atoms with E-state index in [2.05, 4.69) is 4.98 Å². The maximum atomic E-state index is 13.6. The molecule has 2 nitrogen and oxygen atoms in total. The van der Waals surface area contributed by atoms with Crippen LogP contribution < -0.4 is 5.73 Å².